The molecule has 0 unspecified atom stereocenters. The van der Waals surface area contributed by atoms with Crippen LogP contribution in [0.5, 0.6) is 0 Å². The fourth-order valence-electron chi connectivity index (χ4n) is 5.85. The van der Waals surface area contributed by atoms with Crippen molar-refractivity contribution < 1.29 is 0 Å². The van der Waals surface area contributed by atoms with Crippen LogP contribution in [0.15, 0.2) is 0 Å². The van der Waals surface area contributed by atoms with Crippen LogP contribution in [-0.4, -0.2) is 65.6 Å². The zero-order valence-corrected chi connectivity index (χ0v) is 14.0. The van der Waals surface area contributed by atoms with Gasteiger partial charge in [-0.2, -0.15) is 0 Å². The fourth-order valence-corrected chi connectivity index (χ4v) is 14.2. The van der Waals surface area contributed by atoms with Crippen molar-refractivity contribution in [1.29, 1.82) is 0 Å². The molecule has 0 spiro atoms. The SMILES string of the molecule is C1CCN(P2(N3CCCC3)(N3CCCC3)CCCC2)C1. The van der Waals surface area contributed by atoms with E-state index in [1.165, 1.54) is 90.6 Å². The summed E-state index contributed by atoms with van der Waals surface area (Å²) in [4.78, 5) is 0. The topological polar surface area (TPSA) is 9.72 Å². The molecular weight excluding hydrogens is 265 g/mol. The summed E-state index contributed by atoms with van der Waals surface area (Å²) in [6.07, 6.45) is 14.8. The van der Waals surface area contributed by atoms with E-state index in [9.17, 15) is 0 Å². The Morgan fingerprint density at radius 1 is 0.400 bits per heavy atom. The number of rotatable bonds is 3. The second-order valence-corrected chi connectivity index (χ2v) is 12.7. The van der Waals surface area contributed by atoms with Gasteiger partial charge in [0, 0.05) is 0 Å². The van der Waals surface area contributed by atoms with Gasteiger partial charge in [-0.1, -0.05) is 0 Å². The molecule has 0 aromatic carbocycles. The quantitative estimate of drug-likeness (QED) is 0.740. The molecule has 0 N–H and O–H groups in total. The number of hydrogen-bond acceptors (Lipinski definition) is 3. The first-order valence-electron chi connectivity index (χ1n) is 9.13. The summed E-state index contributed by atoms with van der Waals surface area (Å²) >= 11 is 0. The normalized spacial score (nSPS) is 37.3. The van der Waals surface area contributed by atoms with Gasteiger partial charge in [-0.15, -0.1) is 0 Å². The Bertz CT molecular complexity index is 301. The average molecular weight is 297 g/mol. The van der Waals surface area contributed by atoms with Crippen LogP contribution in [0.3, 0.4) is 0 Å². The Morgan fingerprint density at radius 3 is 1.00 bits per heavy atom. The molecule has 0 aliphatic carbocycles. The van der Waals surface area contributed by atoms with Gasteiger partial charge in [0.15, 0.2) is 0 Å². The summed E-state index contributed by atoms with van der Waals surface area (Å²) in [6.45, 7) is 8.45. The van der Waals surface area contributed by atoms with Crippen LogP contribution in [0.4, 0.5) is 0 Å². The van der Waals surface area contributed by atoms with Gasteiger partial charge in [-0.25, -0.2) is 0 Å². The summed E-state index contributed by atoms with van der Waals surface area (Å²) in [7, 11) is -1.88. The number of hydrogen-bond donors (Lipinski definition) is 0. The first-order chi connectivity index (χ1) is 9.86. The molecule has 4 aliphatic rings. The van der Waals surface area contributed by atoms with Crippen LogP contribution in [0, 0.1) is 0 Å². The Kier molecular flexibility index (Phi) is 3.62. The predicted molar refractivity (Wildman–Crippen MR) is 88.3 cm³/mol. The summed E-state index contributed by atoms with van der Waals surface area (Å²) in [5.41, 5.74) is 0. The zero-order valence-electron chi connectivity index (χ0n) is 13.1. The molecule has 0 radical (unpaired) electrons. The zero-order chi connectivity index (χ0) is 13.5. The molecule has 20 heavy (non-hydrogen) atoms. The first-order valence-corrected chi connectivity index (χ1v) is 11.6. The van der Waals surface area contributed by atoms with Crippen LogP contribution in [0.2, 0.25) is 0 Å². The third-order valence-electron chi connectivity index (χ3n) is 6.69. The van der Waals surface area contributed by atoms with Gasteiger partial charge >= 0.3 is 124 Å². The average Bonchev–Trinajstić information content (AvgIpc) is 3.25. The van der Waals surface area contributed by atoms with E-state index in [2.05, 4.69) is 14.0 Å². The summed E-state index contributed by atoms with van der Waals surface area (Å²) in [5.74, 6) is 0. The molecule has 4 aliphatic heterocycles. The van der Waals surface area contributed by atoms with E-state index in [0.29, 0.717) is 0 Å². The van der Waals surface area contributed by atoms with Crippen molar-refractivity contribution in [2.24, 2.45) is 0 Å². The van der Waals surface area contributed by atoms with E-state index in [0.717, 1.165) is 0 Å². The molecule has 0 aromatic rings. The van der Waals surface area contributed by atoms with Crippen LogP contribution in [0.25, 0.3) is 0 Å². The summed E-state index contributed by atoms with van der Waals surface area (Å²) in [6, 6.07) is 0. The summed E-state index contributed by atoms with van der Waals surface area (Å²) in [5, 5.41) is 0. The maximum absolute atomic E-state index is 3.08. The second-order valence-electron chi connectivity index (χ2n) is 7.48. The third kappa shape index (κ3) is 1.73. The fraction of sp³-hybridized carbons (Fsp3) is 1.00. The molecule has 4 heterocycles. The van der Waals surface area contributed by atoms with E-state index in [4.69, 9.17) is 0 Å². The van der Waals surface area contributed by atoms with Gasteiger partial charge in [0.05, 0.1) is 0 Å². The molecule has 0 bridgehead atoms. The van der Waals surface area contributed by atoms with Gasteiger partial charge in [0.1, 0.15) is 0 Å². The van der Waals surface area contributed by atoms with Crippen molar-refractivity contribution in [3.05, 3.63) is 0 Å². The monoisotopic (exact) mass is 297 g/mol. The van der Waals surface area contributed by atoms with Gasteiger partial charge in [-0.3, -0.25) is 0 Å². The van der Waals surface area contributed by atoms with E-state index in [-0.39, 0.29) is 0 Å². The second kappa shape index (κ2) is 5.19. The molecule has 4 rings (SSSR count). The van der Waals surface area contributed by atoms with E-state index in [1.807, 2.05) is 0 Å². The molecule has 4 heteroatoms. The van der Waals surface area contributed by atoms with Gasteiger partial charge < -0.3 is 0 Å². The standard InChI is InChI=1S/C16H32N3P/c1-2-10-17(9-1)20(15-7-8-16-20,18-11-3-4-12-18)19-13-5-6-14-19/h1-16H2. The van der Waals surface area contributed by atoms with Crippen molar-refractivity contribution in [2.75, 3.05) is 51.6 Å². The molecular formula is C16H32N3P. The Balaban J connectivity index is 1.79. The summed E-state index contributed by atoms with van der Waals surface area (Å²) < 4.78 is 9.24. The molecule has 0 saturated carbocycles. The van der Waals surface area contributed by atoms with Crippen LogP contribution in [0.1, 0.15) is 51.4 Å². The van der Waals surface area contributed by atoms with E-state index < -0.39 is 7.06 Å². The van der Waals surface area contributed by atoms with Crippen molar-refractivity contribution in [2.45, 2.75) is 51.4 Å². The number of nitrogens with zero attached hydrogens (tertiary/aromatic N) is 3. The maximum atomic E-state index is 3.08. The molecule has 4 saturated heterocycles. The Hall–Kier alpha value is 0.310. The Labute approximate surface area is 124 Å². The van der Waals surface area contributed by atoms with Gasteiger partial charge in [-0.05, 0) is 0 Å². The van der Waals surface area contributed by atoms with Gasteiger partial charge in [0.25, 0.3) is 0 Å². The molecule has 116 valence electrons. The molecule has 3 nitrogen and oxygen atoms in total. The van der Waals surface area contributed by atoms with Crippen molar-refractivity contribution in [1.82, 2.24) is 14.0 Å². The van der Waals surface area contributed by atoms with Crippen molar-refractivity contribution in [3.63, 3.8) is 0 Å². The third-order valence-corrected chi connectivity index (χ3v) is 14.3. The van der Waals surface area contributed by atoms with Crippen molar-refractivity contribution in [3.8, 4) is 0 Å². The van der Waals surface area contributed by atoms with Crippen molar-refractivity contribution >= 4 is 7.06 Å². The van der Waals surface area contributed by atoms with Crippen LogP contribution >= 0.6 is 7.06 Å². The minimum absolute atomic E-state index is 1.41. The molecule has 0 amide bonds. The molecule has 0 atom stereocenters. The van der Waals surface area contributed by atoms with Gasteiger partial charge in [0.2, 0.25) is 0 Å². The first kappa shape index (κ1) is 13.9. The minimum atomic E-state index is -1.88. The van der Waals surface area contributed by atoms with Crippen LogP contribution in [-0.2, 0) is 0 Å². The molecule has 4 fully saturated rings. The predicted octanol–water partition coefficient (Wildman–Crippen LogP) is 3.37. The molecule has 0 aromatic heterocycles. The Morgan fingerprint density at radius 2 is 0.700 bits per heavy atom. The van der Waals surface area contributed by atoms with E-state index in [1.54, 1.807) is 12.3 Å². The van der Waals surface area contributed by atoms with Crippen LogP contribution < -0.4 is 0 Å². The van der Waals surface area contributed by atoms with E-state index >= 15 is 0 Å².